The SMILES string of the molecule is N#CC1CCCN(Cc2ccccc2)CC1. The van der Waals surface area contributed by atoms with Crippen LogP contribution in [0.3, 0.4) is 0 Å². The second-order valence-electron chi connectivity index (χ2n) is 4.52. The number of rotatable bonds is 2. The molecule has 1 heterocycles. The standard InChI is InChI=1S/C14H18N2/c15-11-13-7-4-9-16(10-8-13)12-14-5-2-1-3-6-14/h1-3,5-6,13H,4,7-10,12H2. The lowest BCUT2D eigenvalue weighted by Gasteiger charge is -2.19. The fourth-order valence-corrected chi connectivity index (χ4v) is 2.28. The molecule has 1 fully saturated rings. The molecule has 1 aromatic carbocycles. The van der Waals surface area contributed by atoms with Gasteiger partial charge < -0.3 is 0 Å². The lowest BCUT2D eigenvalue weighted by molar-refractivity contribution is 0.275. The van der Waals surface area contributed by atoms with Crippen LogP contribution >= 0.6 is 0 Å². The molecule has 1 saturated heterocycles. The molecule has 1 unspecified atom stereocenters. The maximum absolute atomic E-state index is 8.92. The molecule has 0 N–H and O–H groups in total. The summed E-state index contributed by atoms with van der Waals surface area (Å²) in [4.78, 5) is 2.46. The number of benzene rings is 1. The minimum Gasteiger partial charge on any atom is -0.299 e. The van der Waals surface area contributed by atoms with Gasteiger partial charge in [-0.25, -0.2) is 0 Å². The Morgan fingerprint density at radius 1 is 1.19 bits per heavy atom. The Morgan fingerprint density at radius 3 is 2.75 bits per heavy atom. The molecular weight excluding hydrogens is 196 g/mol. The van der Waals surface area contributed by atoms with Crippen LogP contribution in [0.5, 0.6) is 0 Å². The van der Waals surface area contributed by atoms with Gasteiger partial charge in [-0.1, -0.05) is 30.3 Å². The lowest BCUT2D eigenvalue weighted by Crippen LogP contribution is -2.24. The van der Waals surface area contributed by atoms with Gasteiger partial charge in [0.15, 0.2) is 0 Å². The van der Waals surface area contributed by atoms with Gasteiger partial charge in [0, 0.05) is 12.5 Å². The van der Waals surface area contributed by atoms with E-state index < -0.39 is 0 Å². The zero-order chi connectivity index (χ0) is 11.2. The first kappa shape index (κ1) is 11.2. The highest BCUT2D eigenvalue weighted by molar-refractivity contribution is 5.14. The zero-order valence-corrected chi connectivity index (χ0v) is 9.60. The van der Waals surface area contributed by atoms with E-state index in [2.05, 4.69) is 41.3 Å². The Morgan fingerprint density at radius 2 is 2.00 bits per heavy atom. The predicted octanol–water partition coefficient (Wildman–Crippen LogP) is 2.81. The van der Waals surface area contributed by atoms with Crippen molar-refractivity contribution in [1.29, 1.82) is 5.26 Å². The molecule has 0 radical (unpaired) electrons. The third-order valence-corrected chi connectivity index (χ3v) is 3.25. The maximum atomic E-state index is 8.92. The smallest absolute Gasteiger partial charge is 0.0656 e. The lowest BCUT2D eigenvalue weighted by atomic mass is 10.0. The quantitative estimate of drug-likeness (QED) is 0.757. The Balaban J connectivity index is 1.89. The van der Waals surface area contributed by atoms with E-state index in [1.54, 1.807) is 0 Å². The number of nitrogens with zero attached hydrogens (tertiary/aromatic N) is 2. The van der Waals surface area contributed by atoms with Crippen molar-refractivity contribution < 1.29 is 0 Å². The van der Waals surface area contributed by atoms with Gasteiger partial charge in [0.05, 0.1) is 6.07 Å². The van der Waals surface area contributed by atoms with Gasteiger partial charge in [-0.05, 0) is 37.9 Å². The van der Waals surface area contributed by atoms with Gasteiger partial charge in [0.25, 0.3) is 0 Å². The van der Waals surface area contributed by atoms with Crippen molar-refractivity contribution in [2.45, 2.75) is 25.8 Å². The number of hydrogen-bond donors (Lipinski definition) is 0. The Kier molecular flexibility index (Phi) is 3.96. The largest absolute Gasteiger partial charge is 0.299 e. The average Bonchev–Trinajstić information content (AvgIpc) is 2.56. The van der Waals surface area contributed by atoms with E-state index in [0.717, 1.165) is 38.9 Å². The van der Waals surface area contributed by atoms with E-state index in [9.17, 15) is 0 Å². The molecule has 2 rings (SSSR count). The first-order valence-corrected chi connectivity index (χ1v) is 6.04. The summed E-state index contributed by atoms with van der Waals surface area (Å²) < 4.78 is 0. The van der Waals surface area contributed by atoms with Crippen LogP contribution in [-0.2, 0) is 6.54 Å². The van der Waals surface area contributed by atoms with Crippen molar-refractivity contribution in [3.63, 3.8) is 0 Å². The number of nitriles is 1. The minimum atomic E-state index is 0.278. The van der Waals surface area contributed by atoms with Crippen LogP contribution in [0.4, 0.5) is 0 Å². The molecule has 1 atom stereocenters. The molecule has 2 nitrogen and oxygen atoms in total. The molecule has 2 heteroatoms. The highest BCUT2D eigenvalue weighted by Crippen LogP contribution is 2.18. The molecule has 0 aromatic heterocycles. The minimum absolute atomic E-state index is 0.278. The summed E-state index contributed by atoms with van der Waals surface area (Å²) in [5.41, 5.74) is 1.37. The highest BCUT2D eigenvalue weighted by Gasteiger charge is 2.16. The molecule has 84 valence electrons. The van der Waals surface area contributed by atoms with E-state index in [1.807, 2.05) is 0 Å². The monoisotopic (exact) mass is 214 g/mol. The normalized spacial score (nSPS) is 22.3. The third kappa shape index (κ3) is 3.08. The van der Waals surface area contributed by atoms with Gasteiger partial charge in [-0.3, -0.25) is 4.90 Å². The van der Waals surface area contributed by atoms with Gasteiger partial charge in [0.1, 0.15) is 0 Å². The fourth-order valence-electron chi connectivity index (χ4n) is 2.28. The summed E-state index contributed by atoms with van der Waals surface area (Å²) in [6, 6.07) is 13.0. The Labute approximate surface area is 97.5 Å². The molecule has 0 saturated carbocycles. The molecular formula is C14H18N2. The Hall–Kier alpha value is -1.33. The number of hydrogen-bond acceptors (Lipinski definition) is 2. The van der Waals surface area contributed by atoms with Gasteiger partial charge in [0.2, 0.25) is 0 Å². The van der Waals surface area contributed by atoms with E-state index in [4.69, 9.17) is 5.26 Å². The second-order valence-corrected chi connectivity index (χ2v) is 4.52. The van der Waals surface area contributed by atoms with E-state index in [-0.39, 0.29) is 5.92 Å². The van der Waals surface area contributed by atoms with Crippen molar-refractivity contribution >= 4 is 0 Å². The van der Waals surface area contributed by atoms with E-state index in [0.29, 0.717) is 0 Å². The summed E-state index contributed by atoms with van der Waals surface area (Å²) in [6.45, 7) is 3.22. The second kappa shape index (κ2) is 5.67. The zero-order valence-electron chi connectivity index (χ0n) is 9.60. The summed E-state index contributed by atoms with van der Waals surface area (Å²) in [5, 5.41) is 8.92. The van der Waals surface area contributed by atoms with Crippen LogP contribution < -0.4 is 0 Å². The third-order valence-electron chi connectivity index (χ3n) is 3.25. The topological polar surface area (TPSA) is 27.0 Å². The maximum Gasteiger partial charge on any atom is 0.0656 e. The van der Waals surface area contributed by atoms with E-state index in [1.165, 1.54) is 5.56 Å². The van der Waals surface area contributed by atoms with Crippen LogP contribution in [0, 0.1) is 17.2 Å². The average molecular weight is 214 g/mol. The van der Waals surface area contributed by atoms with E-state index >= 15 is 0 Å². The van der Waals surface area contributed by atoms with Crippen LogP contribution in [0.15, 0.2) is 30.3 Å². The number of likely N-dealkylation sites (tertiary alicyclic amines) is 1. The summed E-state index contributed by atoms with van der Waals surface area (Å²) >= 11 is 0. The van der Waals surface area contributed by atoms with Crippen molar-refractivity contribution in [3.8, 4) is 6.07 Å². The molecule has 1 aliphatic heterocycles. The molecule has 0 aliphatic carbocycles. The first-order chi connectivity index (χ1) is 7.88. The van der Waals surface area contributed by atoms with Gasteiger partial charge in [-0.2, -0.15) is 5.26 Å². The Bertz CT molecular complexity index is 353. The van der Waals surface area contributed by atoms with Crippen molar-refractivity contribution in [3.05, 3.63) is 35.9 Å². The molecule has 0 amide bonds. The molecule has 16 heavy (non-hydrogen) atoms. The van der Waals surface area contributed by atoms with Gasteiger partial charge >= 0.3 is 0 Å². The van der Waals surface area contributed by atoms with Crippen LogP contribution in [0.2, 0.25) is 0 Å². The van der Waals surface area contributed by atoms with Crippen molar-refractivity contribution in [2.24, 2.45) is 5.92 Å². The fraction of sp³-hybridized carbons (Fsp3) is 0.500. The highest BCUT2D eigenvalue weighted by atomic mass is 15.1. The molecule has 0 bridgehead atoms. The van der Waals surface area contributed by atoms with Crippen LogP contribution in [0.25, 0.3) is 0 Å². The van der Waals surface area contributed by atoms with Crippen molar-refractivity contribution in [2.75, 3.05) is 13.1 Å². The van der Waals surface area contributed by atoms with Crippen molar-refractivity contribution in [1.82, 2.24) is 4.90 Å². The summed E-state index contributed by atoms with van der Waals surface area (Å²) in [7, 11) is 0. The predicted molar refractivity (Wildman–Crippen MR) is 64.7 cm³/mol. The summed E-state index contributed by atoms with van der Waals surface area (Å²) in [6.07, 6.45) is 3.26. The summed E-state index contributed by atoms with van der Waals surface area (Å²) in [5.74, 6) is 0.278. The molecule has 1 aliphatic rings. The van der Waals surface area contributed by atoms with Gasteiger partial charge in [-0.15, -0.1) is 0 Å². The first-order valence-electron chi connectivity index (χ1n) is 6.04. The van der Waals surface area contributed by atoms with Crippen LogP contribution in [-0.4, -0.2) is 18.0 Å². The molecule has 0 spiro atoms. The van der Waals surface area contributed by atoms with Crippen LogP contribution in [0.1, 0.15) is 24.8 Å². The molecule has 1 aromatic rings.